The lowest BCUT2D eigenvalue weighted by atomic mass is 9.85. The van der Waals surface area contributed by atoms with E-state index in [2.05, 4.69) is 5.32 Å². The van der Waals surface area contributed by atoms with Gasteiger partial charge in [0, 0.05) is 5.69 Å². The number of hydrogen-bond donors (Lipinski definition) is 1. The molecular formula is C20H20N2O5. The Balaban J connectivity index is 1.29. The Labute approximate surface area is 156 Å². The molecule has 1 aliphatic heterocycles. The third-order valence-electron chi connectivity index (χ3n) is 5.51. The Kier molecular flexibility index (Phi) is 4.30. The number of nitrogens with zero attached hydrogens (tertiary/aromatic N) is 1. The van der Waals surface area contributed by atoms with Crippen molar-refractivity contribution in [1.29, 1.82) is 0 Å². The predicted molar refractivity (Wildman–Crippen MR) is 95.2 cm³/mol. The second-order valence-corrected chi connectivity index (χ2v) is 7.34. The summed E-state index contributed by atoms with van der Waals surface area (Å²) in [5.74, 6) is -2.35. The number of rotatable bonds is 5. The van der Waals surface area contributed by atoms with Crippen LogP contribution in [0.1, 0.15) is 12.0 Å². The first-order valence-electron chi connectivity index (χ1n) is 9.00. The molecule has 7 heteroatoms. The molecule has 2 aliphatic carbocycles. The van der Waals surface area contributed by atoms with E-state index in [1.54, 1.807) is 18.2 Å². The van der Waals surface area contributed by atoms with Crippen LogP contribution in [0.25, 0.3) is 0 Å². The maximum absolute atomic E-state index is 12.5. The molecule has 27 heavy (non-hydrogen) atoms. The standard InChI is InChI=1S/C20H20N2O5/c1-11-3-2-4-14(7-11)21-15(23)10-27-16(24)9-22-19(25)17-12-5-6-13(8-12)18(17)20(22)26/h2-7,12-13,17-18H,8-10H2,1H3,(H,21,23)/t12-,13+,17-,18-/m0/s1. The van der Waals surface area contributed by atoms with E-state index in [9.17, 15) is 19.2 Å². The molecule has 1 aromatic rings. The first-order valence-corrected chi connectivity index (χ1v) is 9.00. The van der Waals surface area contributed by atoms with Crippen molar-refractivity contribution in [1.82, 2.24) is 4.90 Å². The summed E-state index contributed by atoms with van der Waals surface area (Å²) in [6.45, 7) is 0.987. The topological polar surface area (TPSA) is 92.8 Å². The Hall–Kier alpha value is -2.96. The number of esters is 1. The molecule has 4 atom stereocenters. The molecule has 4 rings (SSSR count). The van der Waals surface area contributed by atoms with Crippen LogP contribution in [-0.2, 0) is 23.9 Å². The summed E-state index contributed by atoms with van der Waals surface area (Å²) in [4.78, 5) is 50.0. The van der Waals surface area contributed by atoms with E-state index in [0.717, 1.165) is 16.9 Å². The smallest absolute Gasteiger partial charge is 0.326 e. The molecule has 7 nitrogen and oxygen atoms in total. The molecule has 0 unspecified atom stereocenters. The van der Waals surface area contributed by atoms with Crippen molar-refractivity contribution in [2.24, 2.45) is 23.7 Å². The number of allylic oxidation sites excluding steroid dienone is 2. The number of carbonyl (C=O) groups excluding carboxylic acids is 4. The maximum Gasteiger partial charge on any atom is 0.326 e. The number of benzene rings is 1. The first kappa shape index (κ1) is 17.5. The second kappa shape index (κ2) is 6.64. The highest BCUT2D eigenvalue weighted by Gasteiger charge is 2.59. The highest BCUT2D eigenvalue weighted by Crippen LogP contribution is 2.52. The molecule has 1 aromatic carbocycles. The van der Waals surface area contributed by atoms with Crippen LogP contribution in [-0.4, -0.2) is 41.7 Å². The van der Waals surface area contributed by atoms with Gasteiger partial charge in [-0.25, -0.2) is 0 Å². The summed E-state index contributed by atoms with van der Waals surface area (Å²) in [5, 5.41) is 2.63. The number of fused-ring (bicyclic) bond motifs is 5. The van der Waals surface area contributed by atoms with Gasteiger partial charge in [0.15, 0.2) is 6.61 Å². The normalized spacial score (nSPS) is 27.8. The zero-order valence-corrected chi connectivity index (χ0v) is 14.9. The molecule has 140 valence electrons. The van der Waals surface area contributed by atoms with Gasteiger partial charge in [-0.2, -0.15) is 0 Å². The van der Waals surface area contributed by atoms with E-state index in [4.69, 9.17) is 4.74 Å². The minimum atomic E-state index is -0.767. The zero-order valence-electron chi connectivity index (χ0n) is 14.9. The average Bonchev–Trinajstić information content (AvgIpc) is 3.30. The third kappa shape index (κ3) is 3.13. The summed E-state index contributed by atoms with van der Waals surface area (Å²) in [6, 6.07) is 7.23. The molecule has 2 bridgehead atoms. The summed E-state index contributed by atoms with van der Waals surface area (Å²) in [5.41, 5.74) is 1.60. The van der Waals surface area contributed by atoms with Crippen molar-refractivity contribution < 1.29 is 23.9 Å². The van der Waals surface area contributed by atoms with Crippen LogP contribution < -0.4 is 5.32 Å². The van der Waals surface area contributed by atoms with Crippen LogP contribution in [0.3, 0.4) is 0 Å². The van der Waals surface area contributed by atoms with Gasteiger partial charge in [0.05, 0.1) is 11.8 Å². The minimum Gasteiger partial charge on any atom is -0.454 e. The largest absolute Gasteiger partial charge is 0.454 e. The molecule has 0 spiro atoms. The molecule has 1 heterocycles. The van der Waals surface area contributed by atoms with E-state index in [0.29, 0.717) is 5.69 Å². The lowest BCUT2D eigenvalue weighted by Gasteiger charge is -2.16. The van der Waals surface area contributed by atoms with Crippen LogP contribution in [0.4, 0.5) is 5.69 Å². The molecule has 1 saturated heterocycles. The summed E-state index contributed by atoms with van der Waals surface area (Å²) >= 11 is 0. The summed E-state index contributed by atoms with van der Waals surface area (Å²) in [6.07, 6.45) is 4.83. The van der Waals surface area contributed by atoms with Gasteiger partial charge in [-0.05, 0) is 42.9 Å². The molecule has 0 radical (unpaired) electrons. The third-order valence-corrected chi connectivity index (χ3v) is 5.51. The van der Waals surface area contributed by atoms with E-state index in [1.165, 1.54) is 0 Å². The van der Waals surface area contributed by atoms with Gasteiger partial charge in [0.2, 0.25) is 11.8 Å². The predicted octanol–water partition coefficient (Wildman–Crippen LogP) is 1.28. The van der Waals surface area contributed by atoms with E-state index < -0.39 is 25.0 Å². The Morgan fingerprint density at radius 2 is 1.81 bits per heavy atom. The number of ether oxygens (including phenoxy) is 1. The number of likely N-dealkylation sites (tertiary alicyclic amines) is 1. The van der Waals surface area contributed by atoms with Crippen LogP contribution in [0, 0.1) is 30.6 Å². The molecule has 0 aromatic heterocycles. The monoisotopic (exact) mass is 368 g/mol. The van der Waals surface area contributed by atoms with E-state index in [1.807, 2.05) is 25.1 Å². The van der Waals surface area contributed by atoms with Crippen LogP contribution in [0.5, 0.6) is 0 Å². The number of hydrogen-bond acceptors (Lipinski definition) is 5. The fourth-order valence-electron chi connectivity index (χ4n) is 4.36. The lowest BCUT2D eigenvalue weighted by molar-refractivity contribution is -0.154. The van der Waals surface area contributed by atoms with Crippen molar-refractivity contribution >= 4 is 29.4 Å². The fourth-order valence-corrected chi connectivity index (χ4v) is 4.36. The SMILES string of the molecule is Cc1cccc(NC(=O)COC(=O)CN2C(=O)[C@@H]3[C@@H](C2=O)[C@H]2C=C[C@@H]3C2)c1. The first-order chi connectivity index (χ1) is 12.9. The zero-order chi connectivity index (χ0) is 19.1. The fraction of sp³-hybridized carbons (Fsp3) is 0.400. The van der Waals surface area contributed by atoms with Crippen LogP contribution >= 0.6 is 0 Å². The summed E-state index contributed by atoms with van der Waals surface area (Å²) < 4.78 is 4.94. The van der Waals surface area contributed by atoms with Crippen molar-refractivity contribution in [3.63, 3.8) is 0 Å². The van der Waals surface area contributed by atoms with E-state index >= 15 is 0 Å². The van der Waals surface area contributed by atoms with Crippen LogP contribution in [0.2, 0.25) is 0 Å². The van der Waals surface area contributed by atoms with Crippen molar-refractivity contribution in [3.05, 3.63) is 42.0 Å². The van der Waals surface area contributed by atoms with Gasteiger partial charge < -0.3 is 10.1 Å². The Morgan fingerprint density at radius 1 is 1.15 bits per heavy atom. The molecule has 3 amide bonds. The average molecular weight is 368 g/mol. The van der Waals surface area contributed by atoms with Gasteiger partial charge in [0.25, 0.3) is 5.91 Å². The van der Waals surface area contributed by atoms with Gasteiger partial charge in [0.1, 0.15) is 6.54 Å². The van der Waals surface area contributed by atoms with Gasteiger partial charge in [-0.15, -0.1) is 0 Å². The summed E-state index contributed by atoms with van der Waals surface area (Å²) in [7, 11) is 0. The number of imide groups is 1. The van der Waals surface area contributed by atoms with Gasteiger partial charge >= 0.3 is 5.97 Å². The number of anilines is 1. The molecular weight excluding hydrogens is 348 g/mol. The highest BCUT2D eigenvalue weighted by molar-refractivity contribution is 6.08. The van der Waals surface area contributed by atoms with Crippen LogP contribution in [0.15, 0.2) is 36.4 Å². The Morgan fingerprint density at radius 3 is 2.44 bits per heavy atom. The number of nitrogens with one attached hydrogen (secondary N) is 1. The maximum atomic E-state index is 12.5. The second-order valence-electron chi connectivity index (χ2n) is 7.34. The number of aryl methyl sites for hydroxylation is 1. The molecule has 1 saturated carbocycles. The van der Waals surface area contributed by atoms with Crippen molar-refractivity contribution in [2.45, 2.75) is 13.3 Å². The molecule has 3 aliphatic rings. The number of amides is 3. The number of carbonyl (C=O) groups is 4. The molecule has 1 N–H and O–H groups in total. The van der Waals surface area contributed by atoms with Gasteiger partial charge in [-0.3, -0.25) is 24.1 Å². The van der Waals surface area contributed by atoms with E-state index in [-0.39, 0.29) is 35.5 Å². The van der Waals surface area contributed by atoms with Crippen molar-refractivity contribution in [2.75, 3.05) is 18.5 Å². The van der Waals surface area contributed by atoms with Crippen molar-refractivity contribution in [3.8, 4) is 0 Å². The van der Waals surface area contributed by atoms with Gasteiger partial charge in [-0.1, -0.05) is 24.3 Å². The molecule has 2 fully saturated rings. The Bertz CT molecular complexity index is 832. The lowest BCUT2D eigenvalue weighted by Crippen LogP contribution is -2.38. The quantitative estimate of drug-likeness (QED) is 0.480. The highest BCUT2D eigenvalue weighted by atomic mass is 16.5. The minimum absolute atomic E-state index is 0.0950.